The number of hydrogen-bond donors (Lipinski definition) is 7. The summed E-state index contributed by atoms with van der Waals surface area (Å²) in [5, 5.41) is 69.6. The zero-order chi connectivity index (χ0) is 25.8. The van der Waals surface area contributed by atoms with Crippen molar-refractivity contribution in [3.05, 3.63) is 23.8 Å². The van der Waals surface area contributed by atoms with E-state index in [0.717, 1.165) is 0 Å². The molecule has 35 heavy (non-hydrogen) atoms. The van der Waals surface area contributed by atoms with Crippen LogP contribution in [0, 0.1) is 0 Å². The standard InChI is InChI=1S/C22H32O13/c1-30-12-6-11(4-3-5-23)7-13(31-2)18(12)35-20-17(27)16(26)15(25)14(34-20)8-32-21-19(28)22(29,9-24)10-33-21/h3-4,6-7,14-17,19-21,23-29H,5,8-10H2,1-2H3. The fourth-order valence-corrected chi connectivity index (χ4v) is 3.69. The van der Waals surface area contributed by atoms with Gasteiger partial charge in [0.15, 0.2) is 17.8 Å². The third-order valence-corrected chi connectivity index (χ3v) is 5.81. The van der Waals surface area contributed by atoms with Gasteiger partial charge in [-0.2, -0.15) is 0 Å². The van der Waals surface area contributed by atoms with E-state index < -0.39 is 61.9 Å². The molecule has 1 aromatic rings. The van der Waals surface area contributed by atoms with Crippen LogP contribution in [0.5, 0.6) is 17.2 Å². The molecule has 2 fully saturated rings. The van der Waals surface area contributed by atoms with Crippen LogP contribution in [-0.2, 0) is 14.2 Å². The van der Waals surface area contributed by atoms with Crippen LogP contribution in [0.4, 0.5) is 0 Å². The largest absolute Gasteiger partial charge is 0.493 e. The van der Waals surface area contributed by atoms with Gasteiger partial charge in [-0.05, 0) is 17.7 Å². The van der Waals surface area contributed by atoms with Gasteiger partial charge in [0.05, 0.1) is 40.6 Å². The predicted octanol–water partition coefficient (Wildman–Crippen LogP) is -2.65. The van der Waals surface area contributed by atoms with E-state index in [0.29, 0.717) is 5.56 Å². The van der Waals surface area contributed by atoms with Gasteiger partial charge >= 0.3 is 0 Å². The topological polar surface area (TPSA) is 197 Å². The molecule has 8 unspecified atom stereocenters. The van der Waals surface area contributed by atoms with E-state index in [4.69, 9.17) is 33.5 Å². The molecule has 13 heteroatoms. The van der Waals surface area contributed by atoms with Gasteiger partial charge in [0, 0.05) is 0 Å². The molecule has 0 radical (unpaired) electrons. The van der Waals surface area contributed by atoms with Gasteiger partial charge < -0.3 is 64.2 Å². The zero-order valence-corrected chi connectivity index (χ0v) is 19.3. The number of benzene rings is 1. The lowest BCUT2D eigenvalue weighted by Crippen LogP contribution is -2.60. The molecule has 0 bridgehead atoms. The lowest BCUT2D eigenvalue weighted by atomic mass is 9.99. The lowest BCUT2D eigenvalue weighted by Gasteiger charge is -2.40. The number of aliphatic hydroxyl groups is 7. The highest BCUT2D eigenvalue weighted by Gasteiger charge is 2.50. The molecule has 0 spiro atoms. The van der Waals surface area contributed by atoms with Gasteiger partial charge in [0.2, 0.25) is 12.0 Å². The maximum absolute atomic E-state index is 10.5. The van der Waals surface area contributed by atoms with Crippen LogP contribution in [0.3, 0.4) is 0 Å². The van der Waals surface area contributed by atoms with Crippen LogP contribution in [0.2, 0.25) is 0 Å². The number of rotatable bonds is 10. The monoisotopic (exact) mass is 504 g/mol. The van der Waals surface area contributed by atoms with Crippen LogP contribution >= 0.6 is 0 Å². The van der Waals surface area contributed by atoms with Crippen LogP contribution in [0.1, 0.15) is 5.56 Å². The third kappa shape index (κ3) is 5.86. The van der Waals surface area contributed by atoms with E-state index in [9.17, 15) is 30.6 Å². The summed E-state index contributed by atoms with van der Waals surface area (Å²) in [6.07, 6.45) is -7.42. The molecular formula is C22H32O13. The molecule has 13 nitrogen and oxygen atoms in total. The van der Waals surface area contributed by atoms with E-state index in [-0.39, 0.29) is 30.5 Å². The Balaban J connectivity index is 1.76. The summed E-state index contributed by atoms with van der Waals surface area (Å²) in [6, 6.07) is 3.18. The first-order chi connectivity index (χ1) is 16.7. The average molecular weight is 504 g/mol. The molecule has 0 amide bonds. The van der Waals surface area contributed by atoms with Gasteiger partial charge in [-0.25, -0.2) is 0 Å². The van der Waals surface area contributed by atoms with Crippen molar-refractivity contribution in [1.29, 1.82) is 0 Å². The Bertz CT molecular complexity index is 839. The molecule has 3 rings (SSSR count). The number of ether oxygens (including phenoxy) is 6. The van der Waals surface area contributed by atoms with E-state index >= 15 is 0 Å². The summed E-state index contributed by atoms with van der Waals surface area (Å²) in [4.78, 5) is 0. The molecule has 0 aliphatic carbocycles. The highest BCUT2D eigenvalue weighted by Crippen LogP contribution is 2.41. The molecule has 0 aromatic heterocycles. The number of aliphatic hydroxyl groups excluding tert-OH is 6. The van der Waals surface area contributed by atoms with Crippen molar-refractivity contribution >= 4 is 6.08 Å². The Morgan fingerprint density at radius 3 is 2.20 bits per heavy atom. The first-order valence-corrected chi connectivity index (χ1v) is 10.8. The normalized spacial score (nSPS) is 35.4. The number of methoxy groups -OCH3 is 2. The van der Waals surface area contributed by atoms with E-state index in [1.165, 1.54) is 20.3 Å². The van der Waals surface area contributed by atoms with E-state index in [1.54, 1.807) is 18.2 Å². The molecule has 198 valence electrons. The number of hydrogen-bond acceptors (Lipinski definition) is 13. The SMILES string of the molecule is COc1cc(C=CCO)cc(OC)c1OC1OC(COC2OCC(O)(CO)C2O)C(O)C(O)C1O. The van der Waals surface area contributed by atoms with Crippen molar-refractivity contribution in [3.8, 4) is 17.2 Å². The highest BCUT2D eigenvalue weighted by atomic mass is 16.7. The van der Waals surface area contributed by atoms with Crippen molar-refractivity contribution in [1.82, 2.24) is 0 Å². The Labute approximate surface area is 201 Å². The maximum atomic E-state index is 10.5. The molecule has 1 aromatic carbocycles. The van der Waals surface area contributed by atoms with E-state index in [2.05, 4.69) is 0 Å². The fourth-order valence-electron chi connectivity index (χ4n) is 3.69. The summed E-state index contributed by atoms with van der Waals surface area (Å²) in [6.45, 7) is -1.72. The minimum Gasteiger partial charge on any atom is -0.493 e. The molecule has 0 saturated carbocycles. The summed E-state index contributed by atoms with van der Waals surface area (Å²) in [5.74, 6) is 0.458. The summed E-state index contributed by atoms with van der Waals surface area (Å²) in [5.41, 5.74) is -1.27. The Morgan fingerprint density at radius 2 is 1.66 bits per heavy atom. The molecular weight excluding hydrogens is 472 g/mol. The second kappa shape index (κ2) is 11.8. The van der Waals surface area contributed by atoms with E-state index in [1.807, 2.05) is 0 Å². The van der Waals surface area contributed by atoms with Crippen molar-refractivity contribution in [3.63, 3.8) is 0 Å². The average Bonchev–Trinajstić information content (AvgIpc) is 3.16. The van der Waals surface area contributed by atoms with Gasteiger partial charge in [0.25, 0.3) is 0 Å². The first kappa shape index (κ1) is 27.5. The van der Waals surface area contributed by atoms with Crippen LogP contribution in [-0.4, -0.2) is 125 Å². The van der Waals surface area contributed by atoms with Crippen LogP contribution in [0.15, 0.2) is 18.2 Å². The van der Waals surface area contributed by atoms with Gasteiger partial charge in [-0.15, -0.1) is 0 Å². The molecule has 2 heterocycles. The summed E-state index contributed by atoms with van der Waals surface area (Å²) in [7, 11) is 2.77. The highest BCUT2D eigenvalue weighted by molar-refractivity contribution is 5.62. The Morgan fingerprint density at radius 1 is 1.00 bits per heavy atom. The molecule has 2 saturated heterocycles. The van der Waals surface area contributed by atoms with Crippen molar-refractivity contribution < 1.29 is 64.2 Å². The van der Waals surface area contributed by atoms with Crippen LogP contribution in [0.25, 0.3) is 6.08 Å². The van der Waals surface area contributed by atoms with Crippen molar-refractivity contribution in [2.75, 3.05) is 40.6 Å². The molecule has 2 aliphatic rings. The third-order valence-electron chi connectivity index (χ3n) is 5.81. The second-order valence-electron chi connectivity index (χ2n) is 8.19. The first-order valence-electron chi connectivity index (χ1n) is 10.8. The fraction of sp³-hybridized carbons (Fsp3) is 0.636. The van der Waals surface area contributed by atoms with Gasteiger partial charge in [-0.1, -0.05) is 12.2 Å². The van der Waals surface area contributed by atoms with Crippen molar-refractivity contribution in [2.45, 2.75) is 48.7 Å². The lowest BCUT2D eigenvalue weighted by molar-refractivity contribution is -0.289. The minimum atomic E-state index is -1.90. The summed E-state index contributed by atoms with van der Waals surface area (Å²) >= 11 is 0. The van der Waals surface area contributed by atoms with Crippen molar-refractivity contribution in [2.24, 2.45) is 0 Å². The van der Waals surface area contributed by atoms with Gasteiger partial charge in [0.1, 0.15) is 36.1 Å². The minimum absolute atomic E-state index is 0.0472. The molecule has 7 N–H and O–H groups in total. The quantitative estimate of drug-likeness (QED) is 0.175. The predicted molar refractivity (Wildman–Crippen MR) is 117 cm³/mol. The van der Waals surface area contributed by atoms with Gasteiger partial charge in [-0.3, -0.25) is 0 Å². The van der Waals surface area contributed by atoms with Crippen LogP contribution < -0.4 is 14.2 Å². The molecule has 2 aliphatic heterocycles. The molecule has 8 atom stereocenters. The zero-order valence-electron chi connectivity index (χ0n) is 19.3. The Hall–Kier alpha value is -2.04. The second-order valence-corrected chi connectivity index (χ2v) is 8.19. The Kier molecular flexibility index (Phi) is 9.28. The smallest absolute Gasteiger partial charge is 0.229 e. The maximum Gasteiger partial charge on any atom is 0.229 e. The summed E-state index contributed by atoms with van der Waals surface area (Å²) < 4.78 is 32.7.